The molecule has 1 aromatic rings. The van der Waals surface area contributed by atoms with Crippen LogP contribution in [0.2, 0.25) is 0 Å². The molecule has 17 heavy (non-hydrogen) atoms. The lowest BCUT2D eigenvalue weighted by Crippen LogP contribution is -2.32. The molecule has 0 amide bonds. The molecule has 2 rings (SSSR count). The second-order valence-electron chi connectivity index (χ2n) is 4.69. The molecule has 1 saturated carbocycles. The van der Waals surface area contributed by atoms with Gasteiger partial charge < -0.3 is 10.4 Å². The van der Waals surface area contributed by atoms with E-state index in [1.807, 2.05) is 6.92 Å². The van der Waals surface area contributed by atoms with Crippen molar-refractivity contribution in [3.05, 3.63) is 35.4 Å². The minimum Gasteiger partial charge on any atom is -0.387 e. The Labute approximate surface area is 99.7 Å². The number of hydrogen-bond donors (Lipinski definition) is 2. The lowest BCUT2D eigenvalue weighted by atomic mass is 10.1. The summed E-state index contributed by atoms with van der Waals surface area (Å²) < 4.78 is 26.7. The second-order valence-corrected chi connectivity index (χ2v) is 4.69. The minimum absolute atomic E-state index is 0.176. The highest BCUT2D eigenvalue weighted by Crippen LogP contribution is 2.32. The van der Waals surface area contributed by atoms with Gasteiger partial charge >= 0.3 is 0 Å². The van der Waals surface area contributed by atoms with E-state index in [2.05, 4.69) is 5.32 Å². The van der Waals surface area contributed by atoms with E-state index in [1.54, 1.807) is 0 Å². The van der Waals surface area contributed by atoms with Gasteiger partial charge in [-0.05, 0) is 37.8 Å². The van der Waals surface area contributed by atoms with Gasteiger partial charge in [-0.1, -0.05) is 6.07 Å². The molecule has 0 bridgehead atoms. The van der Waals surface area contributed by atoms with Crippen LogP contribution in [0.25, 0.3) is 0 Å². The van der Waals surface area contributed by atoms with Gasteiger partial charge in [0.2, 0.25) is 0 Å². The van der Waals surface area contributed by atoms with Crippen molar-refractivity contribution in [3.63, 3.8) is 0 Å². The molecule has 1 fully saturated rings. The van der Waals surface area contributed by atoms with Crippen LogP contribution in [0.1, 0.15) is 31.4 Å². The number of halogens is 2. The van der Waals surface area contributed by atoms with Crippen LogP contribution >= 0.6 is 0 Å². The molecule has 0 saturated heterocycles. The van der Waals surface area contributed by atoms with E-state index in [0.29, 0.717) is 12.0 Å². The highest BCUT2D eigenvalue weighted by Gasteiger charge is 2.28. The third kappa shape index (κ3) is 3.01. The fourth-order valence-corrected chi connectivity index (χ4v) is 1.99. The smallest absolute Gasteiger partial charge is 0.131 e. The fraction of sp³-hybridized carbons (Fsp3) is 0.538. The Bertz CT molecular complexity index is 373. The largest absolute Gasteiger partial charge is 0.387 e. The van der Waals surface area contributed by atoms with E-state index in [4.69, 9.17) is 0 Å². The van der Waals surface area contributed by atoms with Crippen molar-refractivity contribution in [2.24, 2.45) is 5.92 Å². The first-order valence-electron chi connectivity index (χ1n) is 5.95. The van der Waals surface area contributed by atoms with Crippen LogP contribution in [0.5, 0.6) is 0 Å². The van der Waals surface area contributed by atoms with Gasteiger partial charge in [-0.25, -0.2) is 8.78 Å². The van der Waals surface area contributed by atoms with Gasteiger partial charge in [0.05, 0.1) is 11.7 Å². The average Bonchev–Trinajstić information content (AvgIpc) is 3.09. The Morgan fingerprint density at radius 3 is 2.47 bits per heavy atom. The molecule has 2 N–H and O–H groups in total. The van der Waals surface area contributed by atoms with Gasteiger partial charge in [0.1, 0.15) is 11.6 Å². The van der Waals surface area contributed by atoms with E-state index in [0.717, 1.165) is 12.1 Å². The Hall–Kier alpha value is -1.00. The number of benzene rings is 1. The van der Waals surface area contributed by atoms with E-state index >= 15 is 0 Å². The molecular formula is C13H17F2NO. The summed E-state index contributed by atoms with van der Waals surface area (Å²) in [5.41, 5.74) is -0.247. The van der Waals surface area contributed by atoms with Gasteiger partial charge in [-0.15, -0.1) is 0 Å². The van der Waals surface area contributed by atoms with Crippen molar-refractivity contribution in [2.75, 3.05) is 6.54 Å². The molecule has 1 aliphatic rings. The van der Waals surface area contributed by atoms with Gasteiger partial charge in [-0.2, -0.15) is 0 Å². The number of aliphatic hydroxyl groups excluding tert-OH is 1. The first kappa shape index (κ1) is 12.5. The highest BCUT2D eigenvalue weighted by molar-refractivity contribution is 5.22. The van der Waals surface area contributed by atoms with Crippen LogP contribution in [-0.2, 0) is 0 Å². The van der Waals surface area contributed by atoms with Crippen molar-refractivity contribution in [1.82, 2.24) is 5.32 Å². The molecule has 0 aliphatic heterocycles. The Morgan fingerprint density at radius 2 is 1.94 bits per heavy atom. The molecule has 1 aliphatic carbocycles. The summed E-state index contributed by atoms with van der Waals surface area (Å²) in [7, 11) is 0. The molecule has 94 valence electrons. The Kier molecular flexibility index (Phi) is 3.74. The minimum atomic E-state index is -1.14. The third-order valence-electron chi connectivity index (χ3n) is 3.30. The monoisotopic (exact) mass is 241 g/mol. The summed E-state index contributed by atoms with van der Waals surface area (Å²) in [5.74, 6) is -0.746. The van der Waals surface area contributed by atoms with Gasteiger partial charge in [0.15, 0.2) is 0 Å². The third-order valence-corrected chi connectivity index (χ3v) is 3.30. The first-order chi connectivity index (χ1) is 8.09. The van der Waals surface area contributed by atoms with Crippen LogP contribution in [-0.4, -0.2) is 17.7 Å². The summed E-state index contributed by atoms with van der Waals surface area (Å²) in [5, 5.41) is 12.9. The number of aliphatic hydroxyl groups is 1. The quantitative estimate of drug-likeness (QED) is 0.829. The van der Waals surface area contributed by atoms with Crippen molar-refractivity contribution in [3.8, 4) is 0 Å². The summed E-state index contributed by atoms with van der Waals surface area (Å²) in [6, 6.07) is 3.90. The maximum atomic E-state index is 13.4. The summed E-state index contributed by atoms with van der Waals surface area (Å²) in [6.45, 7) is 2.21. The molecule has 2 nitrogen and oxygen atoms in total. The molecule has 0 heterocycles. The summed E-state index contributed by atoms with van der Waals surface area (Å²) >= 11 is 0. The zero-order chi connectivity index (χ0) is 12.4. The number of nitrogens with one attached hydrogen (secondary N) is 1. The number of rotatable bonds is 5. The fourth-order valence-electron chi connectivity index (χ4n) is 1.99. The predicted molar refractivity (Wildman–Crippen MR) is 61.5 cm³/mol. The van der Waals surface area contributed by atoms with Crippen LogP contribution in [0.15, 0.2) is 18.2 Å². The molecule has 2 unspecified atom stereocenters. The second kappa shape index (κ2) is 5.10. The molecule has 2 atom stereocenters. The lowest BCUT2D eigenvalue weighted by Gasteiger charge is -2.17. The van der Waals surface area contributed by atoms with E-state index in [1.165, 1.54) is 18.9 Å². The van der Waals surface area contributed by atoms with Crippen LogP contribution in [0.4, 0.5) is 8.78 Å². The normalized spacial score (nSPS) is 19.1. The average molecular weight is 241 g/mol. The predicted octanol–water partition coefficient (Wildman–Crippen LogP) is 2.39. The van der Waals surface area contributed by atoms with Crippen LogP contribution in [0, 0.1) is 17.6 Å². The van der Waals surface area contributed by atoms with Gasteiger partial charge in [-0.3, -0.25) is 0 Å². The highest BCUT2D eigenvalue weighted by atomic mass is 19.1. The van der Waals surface area contributed by atoms with Crippen molar-refractivity contribution in [2.45, 2.75) is 31.9 Å². The summed E-state index contributed by atoms with van der Waals surface area (Å²) in [4.78, 5) is 0. The van der Waals surface area contributed by atoms with Crippen molar-refractivity contribution >= 4 is 0 Å². The summed E-state index contributed by atoms with van der Waals surface area (Å²) in [6.07, 6.45) is 1.24. The molecule has 0 aromatic heterocycles. The number of hydrogen-bond acceptors (Lipinski definition) is 2. The van der Waals surface area contributed by atoms with Crippen LogP contribution < -0.4 is 5.32 Å². The van der Waals surface area contributed by atoms with Crippen molar-refractivity contribution < 1.29 is 13.9 Å². The van der Waals surface area contributed by atoms with E-state index in [9.17, 15) is 13.9 Å². The Morgan fingerprint density at radius 1 is 1.35 bits per heavy atom. The molecular weight excluding hydrogens is 224 g/mol. The SMILES string of the molecule is CC(NCC(O)c1c(F)cccc1F)C1CC1. The van der Waals surface area contributed by atoms with E-state index in [-0.39, 0.29) is 12.1 Å². The topological polar surface area (TPSA) is 32.3 Å². The van der Waals surface area contributed by atoms with E-state index < -0.39 is 17.7 Å². The molecule has 4 heteroatoms. The maximum Gasteiger partial charge on any atom is 0.131 e. The van der Waals surface area contributed by atoms with Gasteiger partial charge in [0.25, 0.3) is 0 Å². The zero-order valence-corrected chi connectivity index (χ0v) is 9.79. The molecule has 1 aromatic carbocycles. The molecule has 0 spiro atoms. The van der Waals surface area contributed by atoms with Crippen molar-refractivity contribution in [1.29, 1.82) is 0 Å². The standard InChI is InChI=1S/C13H17F2NO/c1-8(9-5-6-9)16-7-12(17)13-10(14)3-2-4-11(13)15/h2-4,8-9,12,16-17H,5-7H2,1H3. The maximum absolute atomic E-state index is 13.4. The Balaban J connectivity index is 1.96. The first-order valence-corrected chi connectivity index (χ1v) is 5.95. The van der Waals surface area contributed by atoms with Crippen LogP contribution in [0.3, 0.4) is 0 Å². The van der Waals surface area contributed by atoms with Gasteiger partial charge in [0, 0.05) is 12.6 Å². The molecule has 0 radical (unpaired) electrons. The lowest BCUT2D eigenvalue weighted by molar-refractivity contribution is 0.160. The zero-order valence-electron chi connectivity index (χ0n) is 9.79.